The Hall–Kier alpha value is -1.51. The molecule has 3 rings (SSSR count). The first-order valence-electron chi connectivity index (χ1n) is 9.05. The molecule has 1 saturated heterocycles. The molecule has 0 spiro atoms. The number of rotatable bonds is 5. The molecular formula is C21H25ClO6. The number of hydrogen-bond donors (Lipinski definition) is 4. The monoisotopic (exact) mass is 408 g/mol. The Balaban J connectivity index is 2.00. The molecule has 0 radical (unpaired) electrons. The Kier molecular flexibility index (Phi) is 6.41. The van der Waals surface area contributed by atoms with Crippen LogP contribution in [-0.2, 0) is 21.7 Å². The lowest BCUT2D eigenvalue weighted by atomic mass is 9.87. The van der Waals surface area contributed by atoms with Crippen LogP contribution in [0, 0.1) is 6.92 Å². The van der Waals surface area contributed by atoms with E-state index in [1.807, 2.05) is 31.2 Å². The van der Waals surface area contributed by atoms with Crippen molar-refractivity contribution in [2.45, 2.75) is 43.5 Å². The molecule has 152 valence electrons. The van der Waals surface area contributed by atoms with Gasteiger partial charge in [0.2, 0.25) is 5.79 Å². The lowest BCUT2D eigenvalue weighted by molar-refractivity contribution is -0.366. The number of methoxy groups -OCH3 is 1. The zero-order valence-corrected chi connectivity index (χ0v) is 16.5. The average Bonchev–Trinajstić information content (AvgIpc) is 2.70. The minimum Gasteiger partial charge on any atom is -0.394 e. The fourth-order valence-corrected chi connectivity index (χ4v) is 3.70. The van der Waals surface area contributed by atoms with E-state index in [0.29, 0.717) is 17.0 Å². The van der Waals surface area contributed by atoms with Crippen LogP contribution in [0.2, 0.25) is 5.02 Å². The first-order chi connectivity index (χ1) is 13.3. The summed E-state index contributed by atoms with van der Waals surface area (Å²) < 4.78 is 11.2. The van der Waals surface area contributed by atoms with Crippen LogP contribution in [0.4, 0.5) is 0 Å². The Morgan fingerprint density at radius 2 is 1.75 bits per heavy atom. The van der Waals surface area contributed by atoms with Gasteiger partial charge in [-0.25, -0.2) is 0 Å². The van der Waals surface area contributed by atoms with E-state index < -0.39 is 36.8 Å². The first-order valence-corrected chi connectivity index (χ1v) is 9.42. The molecule has 1 aliphatic heterocycles. The van der Waals surface area contributed by atoms with Crippen molar-refractivity contribution >= 4 is 11.6 Å². The van der Waals surface area contributed by atoms with E-state index in [2.05, 4.69) is 0 Å². The van der Waals surface area contributed by atoms with Gasteiger partial charge in [-0.2, -0.15) is 0 Å². The van der Waals surface area contributed by atoms with Gasteiger partial charge in [-0.3, -0.25) is 0 Å². The molecule has 4 N–H and O–H groups in total. The zero-order valence-electron chi connectivity index (χ0n) is 15.7. The highest BCUT2D eigenvalue weighted by molar-refractivity contribution is 6.31. The molecule has 0 aromatic heterocycles. The molecule has 0 amide bonds. The number of benzene rings is 2. The van der Waals surface area contributed by atoms with Crippen molar-refractivity contribution < 1.29 is 29.9 Å². The van der Waals surface area contributed by atoms with E-state index in [1.165, 1.54) is 7.11 Å². The van der Waals surface area contributed by atoms with Gasteiger partial charge in [0.15, 0.2) is 0 Å². The van der Waals surface area contributed by atoms with Crippen LogP contribution in [0.1, 0.15) is 22.3 Å². The molecule has 1 heterocycles. The van der Waals surface area contributed by atoms with E-state index >= 15 is 0 Å². The van der Waals surface area contributed by atoms with Crippen molar-refractivity contribution in [2.75, 3.05) is 13.7 Å². The second kappa shape index (κ2) is 8.47. The highest BCUT2D eigenvalue weighted by atomic mass is 35.5. The smallest absolute Gasteiger partial charge is 0.224 e. The molecule has 28 heavy (non-hydrogen) atoms. The fourth-order valence-electron chi connectivity index (χ4n) is 3.52. The Morgan fingerprint density at radius 3 is 2.36 bits per heavy atom. The Labute approximate surface area is 168 Å². The minimum absolute atomic E-state index is 0.429. The normalized spacial score (nSPS) is 30.4. The van der Waals surface area contributed by atoms with Gasteiger partial charge in [0.1, 0.15) is 24.4 Å². The highest BCUT2D eigenvalue weighted by Gasteiger charge is 2.55. The van der Waals surface area contributed by atoms with Gasteiger partial charge in [-0.15, -0.1) is 0 Å². The van der Waals surface area contributed by atoms with Crippen LogP contribution in [-0.4, -0.2) is 58.6 Å². The topological polar surface area (TPSA) is 99.4 Å². The van der Waals surface area contributed by atoms with E-state index in [4.69, 9.17) is 21.1 Å². The first kappa shape index (κ1) is 21.2. The molecule has 7 heteroatoms. The molecule has 1 aliphatic rings. The van der Waals surface area contributed by atoms with E-state index in [9.17, 15) is 20.4 Å². The summed E-state index contributed by atoms with van der Waals surface area (Å²) in [6, 6.07) is 13.1. The third kappa shape index (κ3) is 3.82. The minimum atomic E-state index is -1.75. The van der Waals surface area contributed by atoms with Gasteiger partial charge in [-0.1, -0.05) is 47.5 Å². The highest BCUT2D eigenvalue weighted by Crippen LogP contribution is 2.40. The molecule has 0 bridgehead atoms. The SMILES string of the molecule is CO[C@@]1(c2ccc(Cl)c(Cc3ccc(C)cc3)c2)O[C@H](CO)[C@@H](O)[C@H](O)[C@H]1O. The molecule has 6 nitrogen and oxygen atoms in total. The van der Waals surface area contributed by atoms with E-state index in [1.54, 1.807) is 18.2 Å². The molecule has 0 saturated carbocycles. The summed E-state index contributed by atoms with van der Waals surface area (Å²) in [4.78, 5) is 0. The van der Waals surface area contributed by atoms with Crippen molar-refractivity contribution in [2.24, 2.45) is 0 Å². The van der Waals surface area contributed by atoms with Crippen LogP contribution in [0.3, 0.4) is 0 Å². The quantitative estimate of drug-likeness (QED) is 0.598. The molecule has 0 aliphatic carbocycles. The van der Waals surface area contributed by atoms with Gasteiger partial charge < -0.3 is 29.9 Å². The predicted octanol–water partition coefficient (Wildman–Crippen LogP) is 1.51. The van der Waals surface area contributed by atoms with E-state index in [-0.39, 0.29) is 0 Å². The number of aliphatic hydroxyl groups is 4. The number of hydrogen-bond acceptors (Lipinski definition) is 6. The molecule has 1 fully saturated rings. The van der Waals surface area contributed by atoms with Crippen LogP contribution in [0.15, 0.2) is 42.5 Å². The second-order valence-electron chi connectivity index (χ2n) is 7.11. The molecular weight excluding hydrogens is 384 g/mol. The van der Waals surface area contributed by atoms with Crippen molar-refractivity contribution in [3.05, 3.63) is 69.7 Å². The van der Waals surface area contributed by atoms with Crippen molar-refractivity contribution in [1.82, 2.24) is 0 Å². The number of aliphatic hydroxyl groups excluding tert-OH is 4. The Morgan fingerprint density at radius 1 is 1.07 bits per heavy atom. The van der Waals surface area contributed by atoms with Crippen molar-refractivity contribution in [3.8, 4) is 0 Å². The summed E-state index contributed by atoms with van der Waals surface area (Å²) in [6.07, 6.45) is -5.12. The maximum absolute atomic E-state index is 10.6. The largest absolute Gasteiger partial charge is 0.394 e. The van der Waals surface area contributed by atoms with Crippen LogP contribution in [0.5, 0.6) is 0 Å². The summed E-state index contributed by atoms with van der Waals surface area (Å²) >= 11 is 6.38. The third-order valence-electron chi connectivity index (χ3n) is 5.22. The second-order valence-corrected chi connectivity index (χ2v) is 7.51. The van der Waals surface area contributed by atoms with Gasteiger partial charge in [0.25, 0.3) is 0 Å². The maximum atomic E-state index is 10.6. The zero-order chi connectivity index (χ0) is 20.5. The van der Waals surface area contributed by atoms with Crippen LogP contribution >= 0.6 is 11.6 Å². The Bertz CT molecular complexity index is 809. The van der Waals surface area contributed by atoms with Crippen molar-refractivity contribution in [3.63, 3.8) is 0 Å². The lowest BCUT2D eigenvalue weighted by Gasteiger charge is -2.47. The lowest BCUT2D eigenvalue weighted by Crippen LogP contribution is -2.64. The fraction of sp³-hybridized carbons (Fsp3) is 0.429. The maximum Gasteiger partial charge on any atom is 0.224 e. The van der Waals surface area contributed by atoms with Crippen molar-refractivity contribution in [1.29, 1.82) is 0 Å². The van der Waals surface area contributed by atoms with Crippen LogP contribution < -0.4 is 0 Å². The van der Waals surface area contributed by atoms with Gasteiger partial charge in [0.05, 0.1) is 6.61 Å². The number of halogens is 1. The standard InChI is InChI=1S/C21H25ClO6/c1-12-3-5-13(6-4-12)9-14-10-15(7-8-16(14)22)21(27-2)20(26)19(25)18(24)17(11-23)28-21/h3-8,10,17-20,23-26H,9,11H2,1-2H3/t17-,18-,19+,20-,21+/m1/s1. The van der Waals surface area contributed by atoms with Crippen LogP contribution in [0.25, 0.3) is 0 Å². The van der Waals surface area contributed by atoms with E-state index in [0.717, 1.165) is 16.7 Å². The summed E-state index contributed by atoms with van der Waals surface area (Å²) in [6.45, 7) is 1.47. The molecule has 2 aromatic carbocycles. The number of aryl methyl sites for hydroxylation is 1. The predicted molar refractivity (Wildman–Crippen MR) is 104 cm³/mol. The average molecular weight is 409 g/mol. The summed E-state index contributed by atoms with van der Waals surface area (Å²) in [5.74, 6) is -1.75. The number of ether oxygens (including phenoxy) is 2. The molecule has 0 unspecified atom stereocenters. The van der Waals surface area contributed by atoms with Gasteiger partial charge in [-0.05, 0) is 36.6 Å². The molecule has 2 aromatic rings. The van der Waals surface area contributed by atoms with Gasteiger partial charge in [0, 0.05) is 17.7 Å². The third-order valence-corrected chi connectivity index (χ3v) is 5.59. The molecule has 5 atom stereocenters. The van der Waals surface area contributed by atoms with Gasteiger partial charge >= 0.3 is 0 Å². The summed E-state index contributed by atoms with van der Waals surface area (Å²) in [5, 5.41) is 41.0. The summed E-state index contributed by atoms with van der Waals surface area (Å²) in [7, 11) is 1.33. The summed E-state index contributed by atoms with van der Waals surface area (Å²) in [5.41, 5.74) is 3.43.